The van der Waals surface area contributed by atoms with Crippen molar-refractivity contribution >= 4 is 29.9 Å². The van der Waals surface area contributed by atoms with Crippen LogP contribution in [0.1, 0.15) is 22.8 Å². The van der Waals surface area contributed by atoms with Gasteiger partial charge < -0.3 is 24.4 Å². The van der Waals surface area contributed by atoms with E-state index < -0.39 is 0 Å². The number of nitrogens with one attached hydrogen (secondary N) is 1. The Morgan fingerprint density at radius 3 is 2.69 bits per heavy atom. The van der Waals surface area contributed by atoms with Crippen molar-refractivity contribution in [2.45, 2.75) is 19.6 Å². The number of nitrogens with zero attached hydrogens (tertiary/aromatic N) is 2. The Bertz CT molecular complexity index is 829. The van der Waals surface area contributed by atoms with Crippen LogP contribution in [0.4, 0.5) is 0 Å². The number of rotatable bonds is 5. The van der Waals surface area contributed by atoms with Gasteiger partial charge in [0, 0.05) is 31.8 Å². The summed E-state index contributed by atoms with van der Waals surface area (Å²) in [6.07, 6.45) is 0.0454. The van der Waals surface area contributed by atoms with E-state index in [9.17, 15) is 0 Å². The Hall–Kier alpha value is -2.00. The first kappa shape index (κ1) is 23.3. The first-order valence-electron chi connectivity index (χ1n) is 9.50. The molecule has 2 aromatic rings. The SMILES string of the molecule is CN=C(NCc1ccc(OC)cc1OC)N1CCOC(c2ccccc2C)C1.I. The Kier molecular flexibility index (Phi) is 9.03. The molecule has 0 aromatic heterocycles. The van der Waals surface area contributed by atoms with E-state index in [-0.39, 0.29) is 30.1 Å². The highest BCUT2D eigenvalue weighted by Crippen LogP contribution is 2.26. The van der Waals surface area contributed by atoms with Gasteiger partial charge in [-0.05, 0) is 30.2 Å². The number of guanidine groups is 1. The Balaban J connectivity index is 0.00000300. The van der Waals surface area contributed by atoms with Crippen LogP contribution in [-0.2, 0) is 11.3 Å². The fourth-order valence-corrected chi connectivity index (χ4v) is 3.48. The second-order valence-corrected chi connectivity index (χ2v) is 6.74. The van der Waals surface area contributed by atoms with E-state index in [1.807, 2.05) is 25.2 Å². The Morgan fingerprint density at radius 2 is 2.00 bits per heavy atom. The predicted molar refractivity (Wildman–Crippen MR) is 127 cm³/mol. The van der Waals surface area contributed by atoms with Crippen LogP contribution in [0.3, 0.4) is 0 Å². The van der Waals surface area contributed by atoms with Crippen LogP contribution in [0.15, 0.2) is 47.5 Å². The summed E-state index contributed by atoms with van der Waals surface area (Å²) in [7, 11) is 5.13. The lowest BCUT2D eigenvalue weighted by Crippen LogP contribution is -2.48. The van der Waals surface area contributed by atoms with Crippen molar-refractivity contribution in [3.8, 4) is 11.5 Å². The molecule has 7 heteroatoms. The zero-order chi connectivity index (χ0) is 19.9. The van der Waals surface area contributed by atoms with Gasteiger partial charge in [-0.25, -0.2) is 0 Å². The standard InChI is InChI=1S/C22H29N3O3.HI/c1-16-7-5-6-8-19(16)21-15-25(11-12-28-21)22(23-2)24-14-17-9-10-18(26-3)13-20(17)27-4;/h5-10,13,21H,11-12,14-15H2,1-4H3,(H,23,24);1H. The molecule has 0 aliphatic carbocycles. The molecule has 0 saturated carbocycles. The molecule has 1 unspecified atom stereocenters. The highest BCUT2D eigenvalue weighted by atomic mass is 127. The van der Waals surface area contributed by atoms with Crippen LogP contribution in [0.5, 0.6) is 11.5 Å². The highest BCUT2D eigenvalue weighted by molar-refractivity contribution is 14.0. The smallest absolute Gasteiger partial charge is 0.194 e. The maximum atomic E-state index is 6.04. The maximum Gasteiger partial charge on any atom is 0.194 e. The number of ether oxygens (including phenoxy) is 3. The molecule has 3 rings (SSSR count). The third-order valence-electron chi connectivity index (χ3n) is 5.04. The molecule has 1 aliphatic rings. The van der Waals surface area contributed by atoms with Crippen molar-refractivity contribution in [1.29, 1.82) is 0 Å². The number of aryl methyl sites for hydroxylation is 1. The van der Waals surface area contributed by atoms with Gasteiger partial charge in [0.2, 0.25) is 0 Å². The second-order valence-electron chi connectivity index (χ2n) is 6.74. The minimum atomic E-state index is 0. The van der Waals surface area contributed by atoms with Crippen molar-refractivity contribution in [2.24, 2.45) is 4.99 Å². The normalized spacial score (nSPS) is 16.8. The molecule has 1 atom stereocenters. The van der Waals surface area contributed by atoms with Gasteiger partial charge in [0.05, 0.1) is 27.4 Å². The van der Waals surface area contributed by atoms with E-state index in [1.54, 1.807) is 14.2 Å². The molecule has 2 aromatic carbocycles. The van der Waals surface area contributed by atoms with E-state index in [0.29, 0.717) is 13.2 Å². The lowest BCUT2D eigenvalue weighted by molar-refractivity contribution is -0.00834. The first-order valence-corrected chi connectivity index (χ1v) is 9.50. The lowest BCUT2D eigenvalue weighted by atomic mass is 10.0. The largest absolute Gasteiger partial charge is 0.497 e. The first-order chi connectivity index (χ1) is 13.7. The van der Waals surface area contributed by atoms with E-state index in [4.69, 9.17) is 14.2 Å². The fraction of sp³-hybridized carbons (Fsp3) is 0.409. The van der Waals surface area contributed by atoms with Crippen LogP contribution in [0.2, 0.25) is 0 Å². The van der Waals surface area contributed by atoms with Gasteiger partial charge in [0.25, 0.3) is 0 Å². The molecule has 1 heterocycles. The zero-order valence-corrected chi connectivity index (χ0v) is 19.8. The molecular weight excluding hydrogens is 481 g/mol. The molecule has 0 amide bonds. The average Bonchev–Trinajstić information content (AvgIpc) is 2.74. The summed E-state index contributed by atoms with van der Waals surface area (Å²) < 4.78 is 16.8. The summed E-state index contributed by atoms with van der Waals surface area (Å²) >= 11 is 0. The van der Waals surface area contributed by atoms with Crippen molar-refractivity contribution < 1.29 is 14.2 Å². The van der Waals surface area contributed by atoms with Gasteiger partial charge in [-0.1, -0.05) is 24.3 Å². The van der Waals surface area contributed by atoms with Crippen LogP contribution in [-0.4, -0.2) is 51.8 Å². The molecule has 0 bridgehead atoms. The number of methoxy groups -OCH3 is 2. The second kappa shape index (κ2) is 11.3. The van der Waals surface area contributed by atoms with Crippen LogP contribution in [0.25, 0.3) is 0 Å². The number of benzene rings is 2. The van der Waals surface area contributed by atoms with Crippen molar-refractivity contribution in [2.75, 3.05) is 41.0 Å². The van der Waals surface area contributed by atoms with Gasteiger partial charge in [0.1, 0.15) is 17.6 Å². The molecule has 0 spiro atoms. The van der Waals surface area contributed by atoms with Crippen LogP contribution < -0.4 is 14.8 Å². The van der Waals surface area contributed by atoms with Crippen LogP contribution in [0, 0.1) is 6.92 Å². The topological polar surface area (TPSA) is 55.3 Å². The third-order valence-corrected chi connectivity index (χ3v) is 5.04. The minimum absolute atomic E-state index is 0. The summed E-state index contributed by atoms with van der Waals surface area (Å²) in [5.74, 6) is 2.43. The highest BCUT2D eigenvalue weighted by Gasteiger charge is 2.25. The van der Waals surface area contributed by atoms with Gasteiger partial charge in [-0.2, -0.15) is 0 Å². The van der Waals surface area contributed by atoms with E-state index in [2.05, 4.69) is 46.4 Å². The summed E-state index contributed by atoms with van der Waals surface area (Å²) in [5, 5.41) is 3.45. The number of morpholine rings is 1. The predicted octanol–water partition coefficient (Wildman–Crippen LogP) is 3.78. The molecule has 158 valence electrons. The van der Waals surface area contributed by atoms with Gasteiger partial charge >= 0.3 is 0 Å². The number of aliphatic imine (C=N–C) groups is 1. The molecule has 1 fully saturated rings. The summed E-state index contributed by atoms with van der Waals surface area (Å²) in [6.45, 7) is 4.99. The monoisotopic (exact) mass is 511 g/mol. The van der Waals surface area contributed by atoms with E-state index >= 15 is 0 Å². The fourth-order valence-electron chi connectivity index (χ4n) is 3.48. The van der Waals surface area contributed by atoms with Gasteiger partial charge in [-0.15, -0.1) is 24.0 Å². The quantitative estimate of drug-likeness (QED) is 0.377. The third kappa shape index (κ3) is 5.76. The average molecular weight is 511 g/mol. The molecule has 1 N–H and O–H groups in total. The van der Waals surface area contributed by atoms with E-state index in [0.717, 1.165) is 36.1 Å². The maximum absolute atomic E-state index is 6.04. The summed E-state index contributed by atoms with van der Waals surface area (Å²) in [5.41, 5.74) is 3.54. The van der Waals surface area contributed by atoms with Crippen molar-refractivity contribution in [1.82, 2.24) is 10.2 Å². The Labute approximate surface area is 190 Å². The number of halogens is 1. The van der Waals surface area contributed by atoms with Crippen molar-refractivity contribution in [3.05, 3.63) is 59.2 Å². The lowest BCUT2D eigenvalue weighted by Gasteiger charge is -2.35. The molecule has 1 saturated heterocycles. The van der Waals surface area contributed by atoms with Gasteiger partial charge in [-0.3, -0.25) is 4.99 Å². The molecule has 0 radical (unpaired) electrons. The Morgan fingerprint density at radius 1 is 1.21 bits per heavy atom. The molecule has 29 heavy (non-hydrogen) atoms. The van der Waals surface area contributed by atoms with Crippen LogP contribution >= 0.6 is 24.0 Å². The van der Waals surface area contributed by atoms with Gasteiger partial charge in [0.15, 0.2) is 5.96 Å². The zero-order valence-electron chi connectivity index (χ0n) is 17.5. The summed E-state index contributed by atoms with van der Waals surface area (Å²) in [4.78, 5) is 6.72. The minimum Gasteiger partial charge on any atom is -0.497 e. The molecular formula is C22H30IN3O3. The molecule has 6 nitrogen and oxygen atoms in total. The number of hydrogen-bond donors (Lipinski definition) is 1. The van der Waals surface area contributed by atoms with Crippen molar-refractivity contribution in [3.63, 3.8) is 0 Å². The van der Waals surface area contributed by atoms with E-state index in [1.165, 1.54) is 11.1 Å². The molecule has 1 aliphatic heterocycles. The number of hydrogen-bond acceptors (Lipinski definition) is 4. The summed E-state index contributed by atoms with van der Waals surface area (Å²) in [6, 6.07) is 14.2.